The summed E-state index contributed by atoms with van der Waals surface area (Å²) >= 11 is 0. The molecular weight excluding hydrogens is 276 g/mol. The molecule has 1 unspecified atom stereocenters. The number of piperidine rings is 1. The molecule has 0 radical (unpaired) electrons. The molecule has 1 fully saturated rings. The van der Waals surface area contributed by atoms with Crippen LogP contribution in [0.4, 0.5) is 0 Å². The Morgan fingerprint density at radius 1 is 1.36 bits per heavy atom. The van der Waals surface area contributed by atoms with Gasteiger partial charge in [-0.15, -0.1) is 0 Å². The summed E-state index contributed by atoms with van der Waals surface area (Å²) in [6.45, 7) is 3.81. The fourth-order valence-corrected chi connectivity index (χ4v) is 3.41. The molecule has 1 atom stereocenters. The van der Waals surface area contributed by atoms with Crippen LogP contribution in [0.15, 0.2) is 29.1 Å². The van der Waals surface area contributed by atoms with Gasteiger partial charge >= 0.3 is 0 Å². The average molecular weight is 300 g/mol. The van der Waals surface area contributed by atoms with E-state index in [0.29, 0.717) is 6.04 Å². The van der Waals surface area contributed by atoms with E-state index in [1.54, 1.807) is 13.2 Å². The van der Waals surface area contributed by atoms with Crippen molar-refractivity contribution in [3.05, 3.63) is 40.2 Å². The highest BCUT2D eigenvalue weighted by atomic mass is 16.5. The Bertz CT molecular complexity index is 715. The molecule has 22 heavy (non-hydrogen) atoms. The van der Waals surface area contributed by atoms with Crippen LogP contribution in [0, 0.1) is 6.92 Å². The van der Waals surface area contributed by atoms with Gasteiger partial charge in [0.15, 0.2) is 0 Å². The van der Waals surface area contributed by atoms with Gasteiger partial charge in [0.1, 0.15) is 5.75 Å². The molecule has 2 aromatic rings. The fraction of sp³-hybridized carbons (Fsp3) is 0.500. The highest BCUT2D eigenvalue weighted by Crippen LogP contribution is 2.26. The Kier molecular flexibility index (Phi) is 4.48. The first-order valence-electron chi connectivity index (χ1n) is 8.11. The number of benzene rings is 1. The number of fused-ring (bicyclic) bond motifs is 1. The number of hydrogen-bond acceptors (Lipinski definition) is 3. The number of hydrogen-bond donors (Lipinski definition) is 1. The molecule has 1 aliphatic rings. The summed E-state index contributed by atoms with van der Waals surface area (Å²) < 4.78 is 7.37. The Labute approximate surface area is 131 Å². The predicted molar refractivity (Wildman–Crippen MR) is 89.8 cm³/mol. The summed E-state index contributed by atoms with van der Waals surface area (Å²) in [5.74, 6) is 0.773. The van der Waals surface area contributed by atoms with E-state index in [1.807, 2.05) is 23.6 Å². The molecular formula is C18H24N2O2. The minimum atomic E-state index is 0.0605. The molecule has 3 rings (SSSR count). The zero-order chi connectivity index (χ0) is 15.5. The summed E-state index contributed by atoms with van der Waals surface area (Å²) in [6.07, 6.45) is 4.73. The molecule has 1 N–H and O–H groups in total. The van der Waals surface area contributed by atoms with Crippen LogP contribution in [0.25, 0.3) is 10.9 Å². The molecule has 4 nitrogen and oxygen atoms in total. The van der Waals surface area contributed by atoms with Gasteiger partial charge in [-0.25, -0.2) is 0 Å². The van der Waals surface area contributed by atoms with Crippen LogP contribution in [0.2, 0.25) is 0 Å². The maximum absolute atomic E-state index is 12.5. The van der Waals surface area contributed by atoms with E-state index in [2.05, 4.69) is 11.4 Å². The number of para-hydroxylation sites is 1. The Morgan fingerprint density at radius 3 is 2.95 bits per heavy atom. The molecule has 2 heterocycles. The lowest BCUT2D eigenvalue weighted by molar-refractivity contribution is 0.365. The van der Waals surface area contributed by atoms with E-state index >= 15 is 0 Å². The SMILES string of the molecule is COc1cccc2c(C)cc(=O)n(CCC3CCCCN3)c12. The quantitative estimate of drug-likeness (QED) is 0.944. The molecule has 1 aromatic carbocycles. The Balaban J connectivity index is 1.98. The monoisotopic (exact) mass is 300 g/mol. The van der Waals surface area contributed by atoms with Crippen molar-refractivity contribution in [1.29, 1.82) is 0 Å². The molecule has 1 aliphatic heterocycles. The van der Waals surface area contributed by atoms with Crippen LogP contribution in [0.5, 0.6) is 5.75 Å². The van der Waals surface area contributed by atoms with E-state index in [-0.39, 0.29) is 5.56 Å². The first kappa shape index (κ1) is 15.1. The lowest BCUT2D eigenvalue weighted by Gasteiger charge is -2.24. The highest BCUT2D eigenvalue weighted by Gasteiger charge is 2.15. The van der Waals surface area contributed by atoms with Crippen LogP contribution >= 0.6 is 0 Å². The number of aryl methyl sites for hydroxylation is 2. The number of nitrogens with one attached hydrogen (secondary N) is 1. The predicted octanol–water partition coefficient (Wildman–Crippen LogP) is 2.85. The minimum Gasteiger partial charge on any atom is -0.495 e. The van der Waals surface area contributed by atoms with Gasteiger partial charge in [-0.05, 0) is 44.4 Å². The summed E-state index contributed by atoms with van der Waals surface area (Å²) in [5.41, 5.74) is 1.99. The van der Waals surface area contributed by atoms with Crippen molar-refractivity contribution in [2.45, 2.75) is 45.2 Å². The molecule has 0 amide bonds. The van der Waals surface area contributed by atoms with Gasteiger partial charge in [0.2, 0.25) is 0 Å². The maximum Gasteiger partial charge on any atom is 0.251 e. The zero-order valence-electron chi connectivity index (χ0n) is 13.4. The summed E-state index contributed by atoms with van der Waals surface area (Å²) in [6, 6.07) is 8.21. The summed E-state index contributed by atoms with van der Waals surface area (Å²) in [5, 5.41) is 4.64. The third-order valence-electron chi connectivity index (χ3n) is 4.63. The standard InChI is InChI=1S/C18H24N2O2/c1-13-12-17(21)20(11-9-14-6-3-4-10-19-14)18-15(13)7-5-8-16(18)22-2/h5,7-8,12,14,19H,3-4,6,9-11H2,1-2H3. The molecule has 4 heteroatoms. The molecule has 0 saturated carbocycles. The van der Waals surface area contributed by atoms with Gasteiger partial charge in [0.05, 0.1) is 12.6 Å². The number of aromatic nitrogens is 1. The molecule has 0 bridgehead atoms. The first-order chi connectivity index (χ1) is 10.7. The first-order valence-corrected chi connectivity index (χ1v) is 8.11. The van der Waals surface area contributed by atoms with E-state index in [4.69, 9.17) is 4.74 Å². The van der Waals surface area contributed by atoms with E-state index < -0.39 is 0 Å². The third-order valence-corrected chi connectivity index (χ3v) is 4.63. The number of pyridine rings is 1. The Morgan fingerprint density at radius 2 is 2.23 bits per heavy atom. The lowest BCUT2D eigenvalue weighted by atomic mass is 10.0. The van der Waals surface area contributed by atoms with E-state index in [9.17, 15) is 4.79 Å². The Hall–Kier alpha value is -1.81. The van der Waals surface area contributed by atoms with Gasteiger partial charge in [0.25, 0.3) is 5.56 Å². The topological polar surface area (TPSA) is 43.3 Å². The zero-order valence-corrected chi connectivity index (χ0v) is 13.4. The van der Waals surface area contributed by atoms with Crippen molar-refractivity contribution in [3.63, 3.8) is 0 Å². The van der Waals surface area contributed by atoms with Crippen LogP contribution in [-0.2, 0) is 6.54 Å². The number of methoxy groups -OCH3 is 1. The summed E-state index contributed by atoms with van der Waals surface area (Å²) in [4.78, 5) is 12.5. The second-order valence-electron chi connectivity index (χ2n) is 6.11. The second-order valence-corrected chi connectivity index (χ2v) is 6.11. The number of ether oxygens (including phenoxy) is 1. The molecule has 118 valence electrons. The highest BCUT2D eigenvalue weighted by molar-refractivity contribution is 5.87. The van der Waals surface area contributed by atoms with E-state index in [0.717, 1.165) is 41.7 Å². The number of nitrogens with zero attached hydrogens (tertiary/aromatic N) is 1. The van der Waals surface area contributed by atoms with Crippen molar-refractivity contribution in [1.82, 2.24) is 9.88 Å². The normalized spacial score (nSPS) is 18.5. The largest absolute Gasteiger partial charge is 0.495 e. The molecule has 0 aliphatic carbocycles. The third kappa shape index (κ3) is 2.88. The molecule has 1 saturated heterocycles. The number of rotatable bonds is 4. The fourth-order valence-electron chi connectivity index (χ4n) is 3.41. The van der Waals surface area contributed by atoms with Gasteiger partial charge in [0, 0.05) is 24.0 Å². The summed E-state index contributed by atoms with van der Waals surface area (Å²) in [7, 11) is 1.66. The van der Waals surface area contributed by atoms with Gasteiger partial charge < -0.3 is 14.6 Å². The average Bonchev–Trinajstić information content (AvgIpc) is 2.55. The second kappa shape index (κ2) is 6.53. The van der Waals surface area contributed by atoms with Crippen LogP contribution in [-0.4, -0.2) is 24.3 Å². The van der Waals surface area contributed by atoms with Crippen LogP contribution in [0.1, 0.15) is 31.2 Å². The lowest BCUT2D eigenvalue weighted by Crippen LogP contribution is -2.35. The van der Waals surface area contributed by atoms with Crippen LogP contribution < -0.4 is 15.6 Å². The van der Waals surface area contributed by atoms with Crippen molar-refractivity contribution in [2.75, 3.05) is 13.7 Å². The molecule has 1 aromatic heterocycles. The molecule has 0 spiro atoms. The van der Waals surface area contributed by atoms with Gasteiger partial charge in [-0.2, -0.15) is 0 Å². The van der Waals surface area contributed by atoms with E-state index in [1.165, 1.54) is 19.3 Å². The maximum atomic E-state index is 12.5. The van der Waals surface area contributed by atoms with Crippen molar-refractivity contribution in [2.24, 2.45) is 0 Å². The van der Waals surface area contributed by atoms with Gasteiger partial charge in [-0.3, -0.25) is 4.79 Å². The van der Waals surface area contributed by atoms with Crippen molar-refractivity contribution in [3.8, 4) is 5.75 Å². The van der Waals surface area contributed by atoms with Gasteiger partial charge in [-0.1, -0.05) is 18.6 Å². The minimum absolute atomic E-state index is 0.0605. The van der Waals surface area contributed by atoms with Crippen LogP contribution in [0.3, 0.4) is 0 Å². The smallest absolute Gasteiger partial charge is 0.251 e. The van der Waals surface area contributed by atoms with Crippen molar-refractivity contribution < 1.29 is 4.74 Å². The van der Waals surface area contributed by atoms with Crippen molar-refractivity contribution >= 4 is 10.9 Å².